The first-order valence-electron chi connectivity index (χ1n) is 6.54. The predicted octanol–water partition coefficient (Wildman–Crippen LogP) is 3.01. The van der Waals surface area contributed by atoms with Gasteiger partial charge in [-0.15, -0.1) is 0 Å². The molecular formula is C15H13Cl2NO5S. The van der Waals surface area contributed by atoms with E-state index in [0.29, 0.717) is 15.6 Å². The minimum absolute atomic E-state index is 0.0610. The molecule has 9 heteroatoms. The average molecular weight is 390 g/mol. The summed E-state index contributed by atoms with van der Waals surface area (Å²) in [6.45, 7) is -0.113. The van der Waals surface area contributed by atoms with E-state index in [1.807, 2.05) is 0 Å². The second-order valence-corrected chi connectivity index (χ2v) is 7.12. The van der Waals surface area contributed by atoms with Gasteiger partial charge in [0, 0.05) is 15.6 Å². The number of halogens is 2. The van der Waals surface area contributed by atoms with E-state index in [2.05, 4.69) is 0 Å². The lowest BCUT2D eigenvalue weighted by Crippen LogP contribution is -2.14. The molecule has 0 saturated heterocycles. The van der Waals surface area contributed by atoms with Gasteiger partial charge >= 0.3 is 5.97 Å². The molecule has 0 aliphatic carbocycles. The second kappa shape index (κ2) is 7.40. The fourth-order valence-corrected chi connectivity index (χ4v) is 2.89. The number of hydrogen-bond donors (Lipinski definition) is 1. The Labute approximate surface area is 149 Å². The van der Waals surface area contributed by atoms with E-state index >= 15 is 0 Å². The van der Waals surface area contributed by atoms with Crippen LogP contribution in [-0.2, 0) is 21.4 Å². The van der Waals surface area contributed by atoms with Crippen molar-refractivity contribution in [1.82, 2.24) is 0 Å². The zero-order chi connectivity index (χ0) is 17.9. The normalized spacial score (nSPS) is 11.2. The largest absolute Gasteiger partial charge is 0.496 e. The van der Waals surface area contributed by atoms with Crippen molar-refractivity contribution in [2.24, 2.45) is 5.14 Å². The van der Waals surface area contributed by atoms with Crippen LogP contribution in [0.3, 0.4) is 0 Å². The van der Waals surface area contributed by atoms with Crippen LogP contribution in [0.1, 0.15) is 15.9 Å². The fraction of sp³-hybridized carbons (Fsp3) is 0.133. The fourth-order valence-electron chi connectivity index (χ4n) is 1.88. The van der Waals surface area contributed by atoms with Crippen LogP contribution in [0, 0.1) is 0 Å². The molecule has 2 aromatic rings. The summed E-state index contributed by atoms with van der Waals surface area (Å²) >= 11 is 11.8. The summed E-state index contributed by atoms with van der Waals surface area (Å²) < 4.78 is 33.0. The van der Waals surface area contributed by atoms with Gasteiger partial charge in [-0.2, -0.15) is 0 Å². The highest BCUT2D eigenvalue weighted by molar-refractivity contribution is 7.89. The zero-order valence-corrected chi connectivity index (χ0v) is 14.8. The molecule has 2 N–H and O–H groups in total. The summed E-state index contributed by atoms with van der Waals surface area (Å²) in [6.07, 6.45) is 0. The number of methoxy groups -OCH3 is 1. The Hall–Kier alpha value is -1.80. The third kappa shape index (κ3) is 4.39. The number of carbonyl (C=O) groups is 1. The summed E-state index contributed by atoms with van der Waals surface area (Å²) in [4.78, 5) is 12.0. The standard InChI is InChI=1S/C15H13Cl2NO5S/c1-22-14-5-4-11(24(18,20)21)7-12(14)15(19)23-8-9-2-3-10(16)6-13(9)17/h2-7H,8H2,1H3,(H2,18,20,21). The topological polar surface area (TPSA) is 95.7 Å². The molecule has 0 unspecified atom stereocenters. The molecule has 128 valence electrons. The molecule has 2 aromatic carbocycles. The van der Waals surface area contributed by atoms with Gasteiger partial charge < -0.3 is 9.47 Å². The Kier molecular flexibility index (Phi) is 5.71. The number of sulfonamides is 1. The van der Waals surface area contributed by atoms with Gasteiger partial charge in [-0.3, -0.25) is 0 Å². The molecule has 0 atom stereocenters. The molecule has 24 heavy (non-hydrogen) atoms. The van der Waals surface area contributed by atoms with Gasteiger partial charge in [0.2, 0.25) is 10.0 Å². The van der Waals surface area contributed by atoms with Crippen molar-refractivity contribution in [1.29, 1.82) is 0 Å². The first-order chi connectivity index (χ1) is 11.2. The van der Waals surface area contributed by atoms with Crippen LogP contribution in [0.5, 0.6) is 5.75 Å². The van der Waals surface area contributed by atoms with E-state index in [4.69, 9.17) is 37.8 Å². The molecule has 0 aromatic heterocycles. The minimum Gasteiger partial charge on any atom is -0.496 e. The third-order valence-corrected chi connectivity index (χ3v) is 4.59. The van der Waals surface area contributed by atoms with Crippen LogP contribution in [0.15, 0.2) is 41.3 Å². The molecule has 0 amide bonds. The lowest BCUT2D eigenvalue weighted by molar-refractivity contribution is 0.0469. The Morgan fingerprint density at radius 3 is 2.46 bits per heavy atom. The van der Waals surface area contributed by atoms with Gasteiger partial charge in [0.25, 0.3) is 0 Å². The zero-order valence-electron chi connectivity index (χ0n) is 12.5. The Balaban J connectivity index is 2.25. The third-order valence-electron chi connectivity index (χ3n) is 3.09. The molecular weight excluding hydrogens is 377 g/mol. The number of nitrogens with two attached hydrogens (primary N) is 1. The Bertz CT molecular complexity index is 883. The molecule has 2 rings (SSSR count). The van der Waals surface area contributed by atoms with Crippen molar-refractivity contribution in [3.8, 4) is 5.75 Å². The summed E-state index contributed by atoms with van der Waals surface area (Å²) in [5.41, 5.74) is 0.491. The lowest BCUT2D eigenvalue weighted by Gasteiger charge is -2.11. The van der Waals surface area contributed by atoms with Crippen LogP contribution in [-0.4, -0.2) is 21.5 Å². The highest BCUT2D eigenvalue weighted by Gasteiger charge is 2.19. The monoisotopic (exact) mass is 389 g/mol. The van der Waals surface area contributed by atoms with E-state index in [-0.39, 0.29) is 22.8 Å². The number of hydrogen-bond acceptors (Lipinski definition) is 5. The number of benzene rings is 2. The van der Waals surface area contributed by atoms with Gasteiger partial charge in [0.15, 0.2) is 0 Å². The Morgan fingerprint density at radius 1 is 1.17 bits per heavy atom. The number of carbonyl (C=O) groups excluding carboxylic acids is 1. The minimum atomic E-state index is -3.96. The van der Waals surface area contributed by atoms with E-state index in [1.165, 1.54) is 25.3 Å². The SMILES string of the molecule is COc1ccc(S(N)(=O)=O)cc1C(=O)OCc1ccc(Cl)cc1Cl. The van der Waals surface area contributed by atoms with E-state index in [0.717, 1.165) is 6.07 Å². The van der Waals surface area contributed by atoms with Gasteiger partial charge in [0.05, 0.1) is 12.0 Å². The molecule has 0 spiro atoms. The van der Waals surface area contributed by atoms with Crippen LogP contribution in [0.25, 0.3) is 0 Å². The van der Waals surface area contributed by atoms with Crippen molar-refractivity contribution in [2.45, 2.75) is 11.5 Å². The lowest BCUT2D eigenvalue weighted by atomic mass is 10.2. The van der Waals surface area contributed by atoms with Crippen molar-refractivity contribution in [3.63, 3.8) is 0 Å². The van der Waals surface area contributed by atoms with E-state index < -0.39 is 16.0 Å². The molecule has 0 fully saturated rings. The summed E-state index contributed by atoms with van der Waals surface area (Å²) in [5.74, 6) is -0.613. The number of rotatable bonds is 5. The number of esters is 1. The highest BCUT2D eigenvalue weighted by atomic mass is 35.5. The maximum absolute atomic E-state index is 12.2. The van der Waals surface area contributed by atoms with Crippen LogP contribution < -0.4 is 9.88 Å². The molecule has 0 bridgehead atoms. The molecule has 0 radical (unpaired) electrons. The second-order valence-electron chi connectivity index (χ2n) is 4.72. The van der Waals surface area contributed by atoms with Crippen molar-refractivity contribution >= 4 is 39.2 Å². The van der Waals surface area contributed by atoms with Gasteiger partial charge in [-0.05, 0) is 30.3 Å². The summed E-state index contributed by atoms with van der Waals surface area (Å²) in [7, 11) is -2.62. The number of ether oxygens (including phenoxy) is 2. The average Bonchev–Trinajstić information content (AvgIpc) is 2.52. The highest BCUT2D eigenvalue weighted by Crippen LogP contribution is 2.25. The number of primary sulfonamides is 1. The molecule has 0 saturated carbocycles. The predicted molar refractivity (Wildman–Crippen MR) is 89.9 cm³/mol. The van der Waals surface area contributed by atoms with Crippen LogP contribution in [0.2, 0.25) is 10.0 Å². The smallest absolute Gasteiger partial charge is 0.342 e. The molecule has 0 heterocycles. The first kappa shape index (κ1) is 18.5. The van der Waals surface area contributed by atoms with Gasteiger partial charge in [-0.25, -0.2) is 18.4 Å². The van der Waals surface area contributed by atoms with Gasteiger partial charge in [0.1, 0.15) is 17.9 Å². The van der Waals surface area contributed by atoms with Crippen LogP contribution >= 0.6 is 23.2 Å². The first-order valence-corrected chi connectivity index (χ1v) is 8.84. The molecule has 0 aliphatic heterocycles. The van der Waals surface area contributed by atoms with E-state index in [9.17, 15) is 13.2 Å². The maximum Gasteiger partial charge on any atom is 0.342 e. The quantitative estimate of drug-likeness (QED) is 0.792. The van der Waals surface area contributed by atoms with Crippen molar-refractivity contribution in [2.75, 3.05) is 7.11 Å². The Morgan fingerprint density at radius 2 is 1.88 bits per heavy atom. The summed E-state index contributed by atoms with van der Waals surface area (Å²) in [5, 5.41) is 5.87. The van der Waals surface area contributed by atoms with Crippen molar-refractivity contribution < 1.29 is 22.7 Å². The molecule has 0 aliphatic rings. The van der Waals surface area contributed by atoms with E-state index in [1.54, 1.807) is 12.1 Å². The van der Waals surface area contributed by atoms with Crippen LogP contribution in [0.4, 0.5) is 0 Å². The summed E-state index contributed by atoms with van der Waals surface area (Å²) in [6, 6.07) is 8.41. The van der Waals surface area contributed by atoms with Crippen molar-refractivity contribution in [3.05, 3.63) is 57.6 Å². The van der Waals surface area contributed by atoms with Gasteiger partial charge in [-0.1, -0.05) is 29.3 Å². The maximum atomic E-state index is 12.2. The molecule has 6 nitrogen and oxygen atoms in total.